The monoisotopic (exact) mass is 221 g/mol. The summed E-state index contributed by atoms with van der Waals surface area (Å²) in [5, 5.41) is 2.82. The Kier molecular flexibility index (Phi) is 4.23. The fourth-order valence-electron chi connectivity index (χ4n) is 0.997. The zero-order valence-corrected chi connectivity index (χ0v) is 9.08. The minimum absolute atomic E-state index is 0. The van der Waals surface area contributed by atoms with Crippen molar-refractivity contribution in [3.8, 4) is 0 Å². The molecule has 1 aromatic carbocycles. The molecule has 0 saturated carbocycles. The SMILES string of the molecule is CNc1ccccc1S(C)(=O)=O.Cl. The molecular formula is C8H12ClNO2S. The average molecular weight is 222 g/mol. The van der Waals surface area contributed by atoms with E-state index in [9.17, 15) is 8.42 Å². The van der Waals surface area contributed by atoms with Gasteiger partial charge in [0.2, 0.25) is 0 Å². The van der Waals surface area contributed by atoms with Crippen molar-refractivity contribution in [3.63, 3.8) is 0 Å². The summed E-state index contributed by atoms with van der Waals surface area (Å²) in [7, 11) is -1.41. The summed E-state index contributed by atoms with van der Waals surface area (Å²) in [6, 6.07) is 6.81. The van der Waals surface area contributed by atoms with Crippen LogP contribution >= 0.6 is 12.4 Å². The predicted octanol–water partition coefficient (Wildman–Crippen LogP) is 1.55. The summed E-state index contributed by atoms with van der Waals surface area (Å²) < 4.78 is 22.3. The van der Waals surface area contributed by atoms with Crippen LogP contribution in [0.15, 0.2) is 29.2 Å². The molecule has 1 rings (SSSR count). The van der Waals surface area contributed by atoms with E-state index in [2.05, 4.69) is 5.32 Å². The molecule has 0 atom stereocenters. The lowest BCUT2D eigenvalue weighted by molar-refractivity contribution is 0.602. The van der Waals surface area contributed by atoms with Crippen LogP contribution in [0, 0.1) is 0 Å². The molecule has 0 aliphatic carbocycles. The van der Waals surface area contributed by atoms with Crippen LogP contribution in [0.4, 0.5) is 5.69 Å². The number of halogens is 1. The van der Waals surface area contributed by atoms with E-state index in [-0.39, 0.29) is 12.4 Å². The molecule has 0 radical (unpaired) electrons. The fourth-order valence-corrected chi connectivity index (χ4v) is 1.89. The maximum atomic E-state index is 11.2. The van der Waals surface area contributed by atoms with Crippen LogP contribution in [0.3, 0.4) is 0 Å². The molecule has 0 heterocycles. The number of hydrogen-bond donors (Lipinski definition) is 1. The second-order valence-corrected chi connectivity index (χ2v) is 4.50. The van der Waals surface area contributed by atoms with Crippen LogP contribution in [-0.2, 0) is 9.84 Å². The van der Waals surface area contributed by atoms with Crippen molar-refractivity contribution in [1.29, 1.82) is 0 Å². The highest BCUT2D eigenvalue weighted by Crippen LogP contribution is 2.19. The average Bonchev–Trinajstić information content (AvgIpc) is 2.03. The molecule has 0 spiro atoms. The van der Waals surface area contributed by atoms with Crippen molar-refractivity contribution < 1.29 is 8.42 Å². The first-order valence-electron chi connectivity index (χ1n) is 3.52. The zero-order chi connectivity index (χ0) is 9.19. The third kappa shape index (κ3) is 2.90. The van der Waals surface area contributed by atoms with Gasteiger partial charge >= 0.3 is 0 Å². The van der Waals surface area contributed by atoms with Crippen molar-refractivity contribution in [2.24, 2.45) is 0 Å². The van der Waals surface area contributed by atoms with E-state index in [1.165, 1.54) is 6.26 Å². The molecule has 3 nitrogen and oxygen atoms in total. The van der Waals surface area contributed by atoms with Crippen LogP contribution in [0.25, 0.3) is 0 Å². The van der Waals surface area contributed by atoms with Gasteiger partial charge < -0.3 is 5.32 Å². The fraction of sp³-hybridized carbons (Fsp3) is 0.250. The van der Waals surface area contributed by atoms with E-state index in [1.54, 1.807) is 31.3 Å². The Morgan fingerprint density at radius 2 is 1.77 bits per heavy atom. The van der Waals surface area contributed by atoms with Gasteiger partial charge in [0.25, 0.3) is 0 Å². The van der Waals surface area contributed by atoms with E-state index in [1.807, 2.05) is 0 Å². The Balaban J connectivity index is 0.00000144. The minimum atomic E-state index is -3.11. The van der Waals surface area contributed by atoms with E-state index >= 15 is 0 Å². The largest absolute Gasteiger partial charge is 0.387 e. The Bertz CT molecular complexity index is 375. The number of anilines is 1. The molecule has 0 amide bonds. The number of para-hydroxylation sites is 1. The summed E-state index contributed by atoms with van der Waals surface area (Å²) >= 11 is 0. The summed E-state index contributed by atoms with van der Waals surface area (Å²) in [6.45, 7) is 0. The maximum Gasteiger partial charge on any atom is 0.177 e. The van der Waals surface area contributed by atoms with Gasteiger partial charge in [0.1, 0.15) is 0 Å². The number of benzene rings is 1. The molecule has 0 aliphatic heterocycles. The molecule has 0 aromatic heterocycles. The lowest BCUT2D eigenvalue weighted by Gasteiger charge is -2.05. The van der Waals surface area contributed by atoms with Gasteiger partial charge in [-0.3, -0.25) is 0 Å². The molecule has 5 heteroatoms. The molecule has 74 valence electrons. The lowest BCUT2D eigenvalue weighted by atomic mass is 10.3. The Morgan fingerprint density at radius 3 is 2.15 bits per heavy atom. The van der Waals surface area contributed by atoms with E-state index in [0.717, 1.165) is 0 Å². The molecule has 0 aliphatic rings. The highest BCUT2D eigenvalue weighted by atomic mass is 35.5. The van der Waals surface area contributed by atoms with Crippen LogP contribution < -0.4 is 5.32 Å². The highest BCUT2D eigenvalue weighted by Gasteiger charge is 2.10. The Labute approximate surface area is 84.5 Å². The van der Waals surface area contributed by atoms with Crippen LogP contribution in [0.1, 0.15) is 0 Å². The molecule has 0 unspecified atom stereocenters. The normalized spacial score (nSPS) is 10.3. The summed E-state index contributed by atoms with van der Waals surface area (Å²) in [4.78, 5) is 0.340. The topological polar surface area (TPSA) is 46.2 Å². The van der Waals surface area contributed by atoms with Crippen LogP contribution in [0.2, 0.25) is 0 Å². The van der Waals surface area contributed by atoms with Gasteiger partial charge in [-0.2, -0.15) is 0 Å². The predicted molar refractivity (Wildman–Crippen MR) is 56.3 cm³/mol. The van der Waals surface area contributed by atoms with Gasteiger partial charge in [0.05, 0.1) is 10.6 Å². The number of nitrogens with one attached hydrogen (secondary N) is 1. The molecular weight excluding hydrogens is 210 g/mol. The van der Waals surface area contributed by atoms with Gasteiger partial charge in [-0.25, -0.2) is 8.42 Å². The number of hydrogen-bond acceptors (Lipinski definition) is 3. The standard InChI is InChI=1S/C8H11NO2S.ClH/c1-9-7-5-3-4-6-8(7)12(2,10)11;/h3-6,9H,1-2H3;1H. The summed E-state index contributed by atoms with van der Waals surface area (Å²) in [6.07, 6.45) is 1.20. The minimum Gasteiger partial charge on any atom is -0.387 e. The first-order valence-corrected chi connectivity index (χ1v) is 5.41. The highest BCUT2D eigenvalue weighted by molar-refractivity contribution is 7.90. The van der Waals surface area contributed by atoms with Gasteiger partial charge in [-0.1, -0.05) is 12.1 Å². The third-order valence-electron chi connectivity index (χ3n) is 1.56. The van der Waals surface area contributed by atoms with Crippen molar-refractivity contribution in [2.75, 3.05) is 18.6 Å². The third-order valence-corrected chi connectivity index (χ3v) is 2.71. The van der Waals surface area contributed by atoms with Gasteiger partial charge in [-0.15, -0.1) is 12.4 Å². The first-order chi connectivity index (χ1) is 5.55. The van der Waals surface area contributed by atoms with Gasteiger partial charge in [0, 0.05) is 13.3 Å². The van der Waals surface area contributed by atoms with Gasteiger partial charge in [-0.05, 0) is 12.1 Å². The zero-order valence-electron chi connectivity index (χ0n) is 7.44. The van der Waals surface area contributed by atoms with Crippen LogP contribution in [-0.4, -0.2) is 21.7 Å². The van der Waals surface area contributed by atoms with Crippen molar-refractivity contribution in [1.82, 2.24) is 0 Å². The van der Waals surface area contributed by atoms with E-state index in [0.29, 0.717) is 10.6 Å². The van der Waals surface area contributed by atoms with Crippen molar-refractivity contribution in [3.05, 3.63) is 24.3 Å². The van der Waals surface area contributed by atoms with Crippen molar-refractivity contribution >= 4 is 27.9 Å². The van der Waals surface area contributed by atoms with Gasteiger partial charge in [0.15, 0.2) is 9.84 Å². The molecule has 1 aromatic rings. The van der Waals surface area contributed by atoms with E-state index in [4.69, 9.17) is 0 Å². The van der Waals surface area contributed by atoms with E-state index < -0.39 is 9.84 Å². The Morgan fingerprint density at radius 1 is 1.23 bits per heavy atom. The lowest BCUT2D eigenvalue weighted by Crippen LogP contribution is -2.01. The van der Waals surface area contributed by atoms with Crippen LogP contribution in [0.5, 0.6) is 0 Å². The van der Waals surface area contributed by atoms with Crippen molar-refractivity contribution in [2.45, 2.75) is 4.90 Å². The molecule has 1 N–H and O–H groups in total. The molecule has 0 fully saturated rings. The quantitative estimate of drug-likeness (QED) is 0.825. The Hall–Kier alpha value is -0.740. The summed E-state index contributed by atoms with van der Waals surface area (Å²) in [5.41, 5.74) is 0.639. The maximum absolute atomic E-state index is 11.2. The second kappa shape index (κ2) is 4.48. The number of sulfone groups is 1. The number of rotatable bonds is 2. The smallest absolute Gasteiger partial charge is 0.177 e. The second-order valence-electron chi connectivity index (χ2n) is 2.52. The summed E-state index contributed by atoms with van der Waals surface area (Å²) in [5.74, 6) is 0. The first kappa shape index (κ1) is 12.3. The molecule has 13 heavy (non-hydrogen) atoms. The molecule has 0 bridgehead atoms. The molecule has 0 saturated heterocycles.